The standard InChI is InChI=1S/3C15H10N6.Ir/c3*1-3-7-12-10(5-1)16-14(20-18-12)9-15-17-11-6-2-4-8-13(11)19-21-15;/h3*1-8H,9H2;. The molecule has 6 aromatic heterocycles. The minimum absolute atomic E-state index is 0. The predicted molar refractivity (Wildman–Crippen MR) is 232 cm³/mol. The summed E-state index contributed by atoms with van der Waals surface area (Å²) in [6.07, 6.45) is 1.24. The molecule has 0 N–H and O–H groups in total. The van der Waals surface area contributed by atoms with Crippen LogP contribution in [0.4, 0.5) is 0 Å². The number of nitrogens with zero attached hydrogens (tertiary/aromatic N) is 18. The Labute approximate surface area is 375 Å². The molecule has 0 amide bonds. The van der Waals surface area contributed by atoms with Gasteiger partial charge in [-0.3, -0.25) is 0 Å². The molecule has 1 radical (unpaired) electrons. The van der Waals surface area contributed by atoms with Gasteiger partial charge >= 0.3 is 0 Å². The van der Waals surface area contributed by atoms with Gasteiger partial charge in [0.2, 0.25) is 0 Å². The van der Waals surface area contributed by atoms with Crippen molar-refractivity contribution in [3.05, 3.63) is 181 Å². The molecule has 6 heterocycles. The average Bonchev–Trinajstić information content (AvgIpc) is 3.34. The number of hydrogen-bond acceptors (Lipinski definition) is 18. The Hall–Kier alpha value is -8.41. The van der Waals surface area contributed by atoms with E-state index in [-0.39, 0.29) is 20.1 Å². The van der Waals surface area contributed by atoms with Gasteiger partial charge in [-0.05, 0) is 72.8 Å². The number of rotatable bonds is 6. The third kappa shape index (κ3) is 9.70. The van der Waals surface area contributed by atoms with E-state index in [2.05, 4.69) is 91.1 Å². The van der Waals surface area contributed by atoms with Gasteiger partial charge in [-0.15, -0.1) is 61.2 Å². The van der Waals surface area contributed by atoms with Crippen LogP contribution >= 0.6 is 0 Å². The Morgan fingerprint density at radius 3 is 0.484 bits per heavy atom. The molecular formula is C45H30IrN18. The normalized spacial score (nSPS) is 10.9. The fourth-order valence-corrected chi connectivity index (χ4v) is 6.37. The first kappa shape index (κ1) is 41.0. The van der Waals surface area contributed by atoms with E-state index in [4.69, 9.17) is 0 Å². The maximum absolute atomic E-state index is 4.47. The Bertz CT molecular complexity index is 2960. The second-order valence-electron chi connectivity index (χ2n) is 13.8. The van der Waals surface area contributed by atoms with Gasteiger partial charge < -0.3 is 0 Å². The first-order chi connectivity index (χ1) is 31.1. The van der Waals surface area contributed by atoms with Crippen molar-refractivity contribution in [2.75, 3.05) is 0 Å². The molecule has 0 atom stereocenters. The van der Waals surface area contributed by atoms with Crippen molar-refractivity contribution in [3.63, 3.8) is 0 Å². The molecule has 0 aliphatic heterocycles. The van der Waals surface area contributed by atoms with Gasteiger partial charge in [-0.1, -0.05) is 72.8 Å². The van der Waals surface area contributed by atoms with Gasteiger partial charge in [0.15, 0.2) is 34.9 Å². The zero-order valence-electron chi connectivity index (χ0n) is 33.4. The van der Waals surface area contributed by atoms with Crippen LogP contribution in [0.3, 0.4) is 0 Å². The molecule has 0 saturated carbocycles. The summed E-state index contributed by atoms with van der Waals surface area (Å²) in [5.74, 6) is 3.53. The largest absolute Gasteiger partial charge is 0.229 e. The summed E-state index contributed by atoms with van der Waals surface area (Å²) in [6.45, 7) is 0. The zero-order chi connectivity index (χ0) is 42.2. The van der Waals surface area contributed by atoms with Gasteiger partial charge in [0, 0.05) is 20.1 Å². The second kappa shape index (κ2) is 19.1. The molecule has 0 fully saturated rings. The maximum Gasteiger partial charge on any atom is 0.159 e. The summed E-state index contributed by atoms with van der Waals surface area (Å²) in [4.78, 5) is 26.8. The molecule has 12 rings (SSSR count). The van der Waals surface area contributed by atoms with Crippen LogP contribution in [0.25, 0.3) is 66.2 Å². The number of aromatic nitrogens is 18. The van der Waals surface area contributed by atoms with E-state index in [1.165, 1.54) is 0 Å². The van der Waals surface area contributed by atoms with Crippen molar-refractivity contribution >= 4 is 66.2 Å². The van der Waals surface area contributed by atoms with Crippen LogP contribution in [-0.2, 0) is 39.4 Å². The van der Waals surface area contributed by atoms with Crippen LogP contribution in [0.1, 0.15) is 34.9 Å². The van der Waals surface area contributed by atoms with Crippen LogP contribution < -0.4 is 0 Å². The molecule has 309 valence electrons. The minimum atomic E-state index is 0. The van der Waals surface area contributed by atoms with E-state index in [1.807, 2.05) is 146 Å². The van der Waals surface area contributed by atoms with Gasteiger partial charge in [0.1, 0.15) is 33.1 Å². The Morgan fingerprint density at radius 2 is 0.328 bits per heavy atom. The third-order valence-corrected chi connectivity index (χ3v) is 9.38. The predicted octanol–water partition coefficient (Wildman–Crippen LogP) is 5.86. The summed E-state index contributed by atoms with van der Waals surface area (Å²) in [5.41, 5.74) is 9.56. The summed E-state index contributed by atoms with van der Waals surface area (Å²) in [5, 5.41) is 49.6. The Balaban J connectivity index is 0.000000121. The fourth-order valence-electron chi connectivity index (χ4n) is 6.37. The molecule has 19 heteroatoms. The average molecular weight is 1020 g/mol. The first-order valence-electron chi connectivity index (χ1n) is 19.7. The molecule has 0 aliphatic carbocycles. The van der Waals surface area contributed by atoms with Crippen LogP contribution in [0.15, 0.2) is 146 Å². The van der Waals surface area contributed by atoms with Crippen LogP contribution in [0, 0.1) is 0 Å². The van der Waals surface area contributed by atoms with Gasteiger partial charge in [0.25, 0.3) is 0 Å². The van der Waals surface area contributed by atoms with Crippen molar-refractivity contribution < 1.29 is 20.1 Å². The van der Waals surface area contributed by atoms with Crippen molar-refractivity contribution in [2.45, 2.75) is 19.3 Å². The Kier molecular flexibility index (Phi) is 12.2. The SMILES string of the molecule is [Ir].c1ccc2nc(Cc3nnc4ccccc4n3)nnc2c1.c1ccc2nc(Cc3nnc4ccccc4n3)nnc2c1.c1ccc2nc(Cc3nnc4ccccc4n3)nnc2c1. The molecule has 0 unspecified atom stereocenters. The molecule has 18 nitrogen and oxygen atoms in total. The summed E-state index contributed by atoms with van der Waals surface area (Å²) >= 11 is 0. The second-order valence-corrected chi connectivity index (χ2v) is 13.8. The molecule has 64 heavy (non-hydrogen) atoms. The summed E-state index contributed by atoms with van der Waals surface area (Å²) < 4.78 is 0. The number of para-hydroxylation sites is 6. The summed E-state index contributed by atoms with van der Waals surface area (Å²) in [6, 6.07) is 45.8. The van der Waals surface area contributed by atoms with E-state index in [0.29, 0.717) is 54.2 Å². The summed E-state index contributed by atoms with van der Waals surface area (Å²) in [7, 11) is 0. The monoisotopic (exact) mass is 1020 g/mol. The first-order valence-corrected chi connectivity index (χ1v) is 19.7. The van der Waals surface area contributed by atoms with E-state index < -0.39 is 0 Å². The molecule has 0 aliphatic rings. The minimum Gasteiger partial charge on any atom is -0.229 e. The van der Waals surface area contributed by atoms with Crippen molar-refractivity contribution in [1.29, 1.82) is 0 Å². The van der Waals surface area contributed by atoms with Crippen LogP contribution in [-0.4, -0.2) is 91.1 Å². The van der Waals surface area contributed by atoms with E-state index in [1.54, 1.807) is 0 Å². The van der Waals surface area contributed by atoms with E-state index in [9.17, 15) is 0 Å². The zero-order valence-corrected chi connectivity index (χ0v) is 35.8. The topological polar surface area (TPSA) is 232 Å². The van der Waals surface area contributed by atoms with Crippen LogP contribution in [0.5, 0.6) is 0 Å². The fraction of sp³-hybridized carbons (Fsp3) is 0.0667. The van der Waals surface area contributed by atoms with E-state index in [0.717, 1.165) is 66.2 Å². The van der Waals surface area contributed by atoms with Crippen molar-refractivity contribution in [2.24, 2.45) is 0 Å². The third-order valence-electron chi connectivity index (χ3n) is 9.38. The number of hydrogen-bond donors (Lipinski definition) is 0. The smallest absolute Gasteiger partial charge is 0.159 e. The molecule has 0 saturated heterocycles. The molecule has 12 aromatic rings. The van der Waals surface area contributed by atoms with Gasteiger partial charge in [-0.2, -0.15) is 0 Å². The molecule has 6 aromatic carbocycles. The van der Waals surface area contributed by atoms with Gasteiger partial charge in [-0.25, -0.2) is 29.9 Å². The van der Waals surface area contributed by atoms with Crippen molar-refractivity contribution in [1.82, 2.24) is 91.1 Å². The molecule has 0 bridgehead atoms. The maximum atomic E-state index is 4.47. The molecule has 0 spiro atoms. The molecular weight excluding hydrogens is 985 g/mol. The number of fused-ring (bicyclic) bond motifs is 6. The quantitative estimate of drug-likeness (QED) is 0.190. The van der Waals surface area contributed by atoms with Gasteiger partial charge in [0.05, 0.1) is 52.4 Å². The van der Waals surface area contributed by atoms with Crippen molar-refractivity contribution in [3.8, 4) is 0 Å². The Morgan fingerprint density at radius 1 is 0.188 bits per heavy atom. The number of benzene rings is 6. The van der Waals surface area contributed by atoms with Crippen LogP contribution in [0.2, 0.25) is 0 Å². The van der Waals surface area contributed by atoms with E-state index >= 15 is 0 Å².